The number of aliphatic hydroxyl groups is 2. The molecule has 0 aliphatic heterocycles. The molecule has 0 saturated heterocycles. The van der Waals surface area contributed by atoms with Gasteiger partial charge in [-0.25, -0.2) is 0 Å². The van der Waals surface area contributed by atoms with Crippen LogP contribution in [0.3, 0.4) is 0 Å². The van der Waals surface area contributed by atoms with Crippen molar-refractivity contribution in [1.82, 2.24) is 5.32 Å². The van der Waals surface area contributed by atoms with Crippen LogP contribution in [0.25, 0.3) is 0 Å². The van der Waals surface area contributed by atoms with Crippen LogP contribution >= 0.6 is 0 Å². The number of allylic oxidation sites excluding steroid dienone is 5. The number of hydrogen-bond acceptors (Lipinski definition) is 5. The third kappa shape index (κ3) is 45.6. The Hall–Kier alpha value is -1.92. The fourth-order valence-electron chi connectivity index (χ4n) is 7.80. The molecular weight excluding hydrogens is 743 g/mol. The average molecular weight is 844 g/mol. The third-order valence-corrected chi connectivity index (χ3v) is 11.9. The Bertz CT molecular complexity index is 977. The molecule has 0 bridgehead atoms. The van der Waals surface area contributed by atoms with E-state index in [1.807, 2.05) is 6.08 Å². The van der Waals surface area contributed by atoms with Gasteiger partial charge in [0.25, 0.3) is 0 Å². The maximum Gasteiger partial charge on any atom is 0.305 e. The maximum absolute atomic E-state index is 12.4. The van der Waals surface area contributed by atoms with E-state index in [1.165, 1.54) is 173 Å². The van der Waals surface area contributed by atoms with E-state index in [0.717, 1.165) is 70.6 Å². The van der Waals surface area contributed by atoms with Gasteiger partial charge in [0.05, 0.1) is 25.4 Å². The topological polar surface area (TPSA) is 95.9 Å². The number of esters is 1. The lowest BCUT2D eigenvalue weighted by atomic mass is 10.1. The number of carbonyl (C=O) groups excluding carboxylic acids is 2. The standard InChI is InChI=1S/C54H101NO5/c1-3-5-7-9-11-13-15-17-18-21-24-28-32-36-40-44-48-54(59)60-49-45-41-37-33-29-25-22-19-20-23-27-31-35-39-43-47-53(58)55-51(50-56)52(57)46-42-38-34-30-26-16-14-12-10-8-6-4-2/h18,21-22,25,42,46,51-52,56-57H,3-17,19-20,23-24,26-41,43-45,47-50H2,1-2H3,(H,55,58)/b21-18-,25-22-,46-42+. The van der Waals surface area contributed by atoms with Gasteiger partial charge in [0.15, 0.2) is 0 Å². The van der Waals surface area contributed by atoms with Crippen molar-refractivity contribution in [3.8, 4) is 0 Å². The molecule has 0 aliphatic carbocycles. The molecule has 0 aromatic rings. The zero-order valence-electron chi connectivity index (χ0n) is 39.9. The van der Waals surface area contributed by atoms with Crippen LogP contribution in [-0.4, -0.2) is 47.4 Å². The first kappa shape index (κ1) is 58.1. The van der Waals surface area contributed by atoms with E-state index in [1.54, 1.807) is 6.08 Å². The molecule has 352 valence electrons. The molecule has 0 aromatic heterocycles. The summed E-state index contributed by atoms with van der Waals surface area (Å²) in [7, 11) is 0. The summed E-state index contributed by atoms with van der Waals surface area (Å²) >= 11 is 0. The van der Waals surface area contributed by atoms with Crippen LogP contribution in [0.1, 0.15) is 271 Å². The molecule has 0 fully saturated rings. The summed E-state index contributed by atoms with van der Waals surface area (Å²) in [6.45, 7) is 4.85. The summed E-state index contributed by atoms with van der Waals surface area (Å²) in [6, 6.07) is -0.638. The van der Waals surface area contributed by atoms with E-state index in [2.05, 4.69) is 43.5 Å². The first-order valence-corrected chi connectivity index (χ1v) is 26.3. The molecule has 0 spiro atoms. The van der Waals surface area contributed by atoms with Crippen LogP contribution in [0, 0.1) is 0 Å². The van der Waals surface area contributed by atoms with E-state index >= 15 is 0 Å². The van der Waals surface area contributed by atoms with Gasteiger partial charge in [-0.1, -0.05) is 211 Å². The highest BCUT2D eigenvalue weighted by Crippen LogP contribution is 2.15. The molecule has 0 heterocycles. The Morgan fingerprint density at radius 2 is 0.783 bits per heavy atom. The van der Waals surface area contributed by atoms with E-state index in [-0.39, 0.29) is 18.5 Å². The van der Waals surface area contributed by atoms with Crippen molar-refractivity contribution < 1.29 is 24.5 Å². The molecule has 0 saturated carbocycles. The zero-order valence-corrected chi connectivity index (χ0v) is 39.9. The van der Waals surface area contributed by atoms with Crippen LogP contribution in [0.5, 0.6) is 0 Å². The van der Waals surface area contributed by atoms with Crippen molar-refractivity contribution in [2.75, 3.05) is 13.2 Å². The minimum Gasteiger partial charge on any atom is -0.466 e. The minimum absolute atomic E-state index is 0.0193. The third-order valence-electron chi connectivity index (χ3n) is 11.9. The largest absolute Gasteiger partial charge is 0.466 e. The lowest BCUT2D eigenvalue weighted by Crippen LogP contribution is -2.45. The number of carbonyl (C=O) groups is 2. The molecule has 6 heteroatoms. The molecule has 0 aromatic carbocycles. The van der Waals surface area contributed by atoms with E-state index in [4.69, 9.17) is 4.74 Å². The molecule has 0 rings (SSSR count). The second-order valence-electron chi connectivity index (χ2n) is 17.8. The summed E-state index contributed by atoms with van der Waals surface area (Å²) in [6.07, 6.45) is 60.0. The number of unbranched alkanes of at least 4 members (excludes halogenated alkanes) is 33. The van der Waals surface area contributed by atoms with Crippen molar-refractivity contribution in [3.63, 3.8) is 0 Å². The molecule has 60 heavy (non-hydrogen) atoms. The van der Waals surface area contributed by atoms with Crippen LogP contribution in [0.2, 0.25) is 0 Å². The Labute approximate surface area is 373 Å². The van der Waals surface area contributed by atoms with Crippen LogP contribution < -0.4 is 5.32 Å². The number of rotatable bonds is 48. The van der Waals surface area contributed by atoms with Crippen LogP contribution in [0.4, 0.5) is 0 Å². The number of amides is 1. The quantitative estimate of drug-likeness (QED) is 0.0322. The van der Waals surface area contributed by atoms with Gasteiger partial charge in [-0.3, -0.25) is 9.59 Å². The van der Waals surface area contributed by atoms with Gasteiger partial charge in [-0.2, -0.15) is 0 Å². The first-order valence-electron chi connectivity index (χ1n) is 26.3. The summed E-state index contributed by atoms with van der Waals surface area (Å²) in [5.41, 5.74) is 0. The average Bonchev–Trinajstić information content (AvgIpc) is 3.25. The number of hydrogen-bond donors (Lipinski definition) is 3. The molecule has 1 amide bonds. The van der Waals surface area contributed by atoms with Gasteiger partial charge in [0.1, 0.15) is 0 Å². The molecule has 2 atom stereocenters. The predicted molar refractivity (Wildman–Crippen MR) is 259 cm³/mol. The Morgan fingerprint density at radius 3 is 1.18 bits per heavy atom. The fraction of sp³-hybridized carbons (Fsp3) is 0.852. The highest BCUT2D eigenvalue weighted by Gasteiger charge is 2.18. The monoisotopic (exact) mass is 844 g/mol. The first-order chi connectivity index (χ1) is 29.5. The Morgan fingerprint density at radius 1 is 0.450 bits per heavy atom. The van der Waals surface area contributed by atoms with Gasteiger partial charge in [-0.15, -0.1) is 0 Å². The Kier molecular flexibility index (Phi) is 48.1. The molecule has 0 radical (unpaired) electrons. The predicted octanol–water partition coefficient (Wildman–Crippen LogP) is 15.7. The number of aliphatic hydroxyl groups excluding tert-OH is 2. The van der Waals surface area contributed by atoms with Gasteiger partial charge in [0, 0.05) is 12.8 Å². The van der Waals surface area contributed by atoms with Crippen LogP contribution in [0.15, 0.2) is 36.5 Å². The van der Waals surface area contributed by atoms with Gasteiger partial charge < -0.3 is 20.3 Å². The minimum atomic E-state index is -0.853. The normalized spacial score (nSPS) is 12.9. The van der Waals surface area contributed by atoms with Crippen LogP contribution in [-0.2, 0) is 14.3 Å². The zero-order chi connectivity index (χ0) is 43.7. The fourth-order valence-corrected chi connectivity index (χ4v) is 7.80. The van der Waals surface area contributed by atoms with Gasteiger partial charge in [0.2, 0.25) is 5.91 Å². The van der Waals surface area contributed by atoms with Crippen molar-refractivity contribution >= 4 is 11.9 Å². The van der Waals surface area contributed by atoms with Crippen molar-refractivity contribution in [1.29, 1.82) is 0 Å². The molecule has 0 aliphatic rings. The lowest BCUT2D eigenvalue weighted by molar-refractivity contribution is -0.143. The van der Waals surface area contributed by atoms with Crippen molar-refractivity contribution in [2.24, 2.45) is 0 Å². The van der Waals surface area contributed by atoms with E-state index in [0.29, 0.717) is 19.4 Å². The smallest absolute Gasteiger partial charge is 0.305 e. The van der Waals surface area contributed by atoms with Gasteiger partial charge in [-0.05, 0) is 83.5 Å². The lowest BCUT2D eigenvalue weighted by Gasteiger charge is -2.20. The van der Waals surface area contributed by atoms with Gasteiger partial charge >= 0.3 is 5.97 Å². The molecular formula is C54H101NO5. The molecule has 6 nitrogen and oxygen atoms in total. The van der Waals surface area contributed by atoms with Crippen molar-refractivity contribution in [2.45, 2.75) is 283 Å². The summed E-state index contributed by atoms with van der Waals surface area (Å²) < 4.78 is 5.45. The second-order valence-corrected chi connectivity index (χ2v) is 17.8. The Balaban J connectivity index is 3.50. The summed E-state index contributed by atoms with van der Waals surface area (Å²) in [5, 5.41) is 23.0. The van der Waals surface area contributed by atoms with E-state index < -0.39 is 12.1 Å². The second kappa shape index (κ2) is 49.7. The van der Waals surface area contributed by atoms with E-state index in [9.17, 15) is 19.8 Å². The SMILES string of the molecule is CCCCCCCCC/C=C\CCCCCCCC(=O)OCCCCCC/C=C\CCCCCCCCCC(=O)NC(CO)C(O)/C=C/CCCCCCCCCCCC. The highest BCUT2D eigenvalue weighted by molar-refractivity contribution is 5.76. The van der Waals surface area contributed by atoms with Crippen molar-refractivity contribution in [3.05, 3.63) is 36.5 Å². The number of ether oxygens (including phenoxy) is 1. The number of nitrogens with one attached hydrogen (secondary N) is 1. The molecule has 3 N–H and O–H groups in total. The summed E-state index contributed by atoms with van der Waals surface area (Å²) in [4.78, 5) is 24.4. The molecule has 2 unspecified atom stereocenters. The maximum atomic E-state index is 12.4. The highest BCUT2D eigenvalue weighted by atomic mass is 16.5. The summed E-state index contributed by atoms with van der Waals surface area (Å²) in [5.74, 6) is -0.104.